The van der Waals surface area contributed by atoms with Gasteiger partial charge in [0.15, 0.2) is 5.16 Å². The number of ether oxygens (including phenoxy) is 1. The van der Waals surface area contributed by atoms with Gasteiger partial charge in [0, 0.05) is 19.2 Å². The van der Waals surface area contributed by atoms with Crippen LogP contribution < -0.4 is 4.74 Å². The van der Waals surface area contributed by atoms with Crippen LogP contribution >= 0.6 is 11.8 Å². The third-order valence-corrected chi connectivity index (χ3v) is 4.82. The van der Waals surface area contributed by atoms with Gasteiger partial charge in [-0.2, -0.15) is 0 Å². The van der Waals surface area contributed by atoms with Crippen molar-refractivity contribution in [2.45, 2.75) is 17.3 Å². The molecule has 0 amide bonds. The highest BCUT2D eigenvalue weighted by molar-refractivity contribution is 7.98. The number of rotatable bonds is 6. The van der Waals surface area contributed by atoms with Crippen LogP contribution in [0.15, 0.2) is 53.7 Å². The zero-order chi connectivity index (χ0) is 16.9. The van der Waals surface area contributed by atoms with Crippen LogP contribution in [0, 0.1) is 5.82 Å². The average molecular weight is 343 g/mol. The number of halogens is 1. The van der Waals surface area contributed by atoms with Gasteiger partial charge in [-0.3, -0.25) is 0 Å². The van der Waals surface area contributed by atoms with Crippen LogP contribution in [0.1, 0.15) is 17.0 Å². The summed E-state index contributed by atoms with van der Waals surface area (Å²) in [6, 6.07) is 14.5. The lowest BCUT2D eigenvalue weighted by Crippen LogP contribution is -2.00. The van der Waals surface area contributed by atoms with E-state index < -0.39 is 0 Å². The monoisotopic (exact) mass is 343 g/mol. The second-order valence-electron chi connectivity index (χ2n) is 5.40. The Kier molecular flexibility index (Phi) is 5.15. The van der Waals surface area contributed by atoms with Crippen LogP contribution in [-0.4, -0.2) is 21.9 Å². The van der Waals surface area contributed by atoms with Gasteiger partial charge in [-0.05, 0) is 35.4 Å². The first-order valence-corrected chi connectivity index (χ1v) is 8.52. The normalized spacial score (nSPS) is 10.8. The van der Waals surface area contributed by atoms with Crippen LogP contribution in [0.25, 0.3) is 0 Å². The summed E-state index contributed by atoms with van der Waals surface area (Å²) >= 11 is 1.59. The van der Waals surface area contributed by atoms with Gasteiger partial charge in [0.05, 0.1) is 7.11 Å². The van der Waals surface area contributed by atoms with Crippen LogP contribution in [0.3, 0.4) is 0 Å². The second kappa shape index (κ2) is 7.49. The van der Waals surface area contributed by atoms with Gasteiger partial charge in [-0.25, -0.2) is 4.39 Å². The topological polar surface area (TPSA) is 39.9 Å². The van der Waals surface area contributed by atoms with Crippen molar-refractivity contribution in [3.05, 3.63) is 71.3 Å². The number of hydrogen-bond donors (Lipinski definition) is 0. The molecular weight excluding hydrogens is 325 g/mol. The molecule has 24 heavy (non-hydrogen) atoms. The Hall–Kier alpha value is -2.34. The molecule has 0 aliphatic rings. The first-order chi connectivity index (χ1) is 11.7. The Morgan fingerprint density at radius 3 is 2.33 bits per heavy atom. The van der Waals surface area contributed by atoms with Crippen molar-refractivity contribution in [3.63, 3.8) is 0 Å². The molecule has 0 fully saturated rings. The molecule has 0 spiro atoms. The zero-order valence-electron chi connectivity index (χ0n) is 13.6. The molecule has 4 nitrogen and oxygen atoms in total. The lowest BCUT2D eigenvalue weighted by Gasteiger charge is -2.05. The van der Waals surface area contributed by atoms with Crippen molar-refractivity contribution in [1.29, 1.82) is 0 Å². The Morgan fingerprint density at radius 2 is 1.67 bits per heavy atom. The molecule has 3 aromatic rings. The number of hydrogen-bond acceptors (Lipinski definition) is 4. The third-order valence-electron chi connectivity index (χ3n) is 3.73. The summed E-state index contributed by atoms with van der Waals surface area (Å²) in [5.74, 6) is 2.26. The lowest BCUT2D eigenvalue weighted by atomic mass is 10.1. The van der Waals surface area contributed by atoms with Crippen molar-refractivity contribution in [3.8, 4) is 5.75 Å². The first-order valence-electron chi connectivity index (χ1n) is 7.54. The summed E-state index contributed by atoms with van der Waals surface area (Å²) < 4.78 is 20.1. The van der Waals surface area contributed by atoms with E-state index in [2.05, 4.69) is 10.2 Å². The molecule has 0 N–H and O–H groups in total. The van der Waals surface area contributed by atoms with Crippen LogP contribution in [0.4, 0.5) is 4.39 Å². The molecule has 0 saturated heterocycles. The maximum absolute atomic E-state index is 12.9. The summed E-state index contributed by atoms with van der Waals surface area (Å²) in [7, 11) is 3.62. The van der Waals surface area contributed by atoms with Crippen LogP contribution in [0.5, 0.6) is 5.75 Å². The van der Waals surface area contributed by atoms with Gasteiger partial charge >= 0.3 is 0 Å². The molecule has 2 aromatic carbocycles. The van der Waals surface area contributed by atoms with E-state index in [1.165, 1.54) is 12.1 Å². The first kappa shape index (κ1) is 16.5. The molecule has 1 aromatic heterocycles. The fraction of sp³-hybridized carbons (Fsp3) is 0.222. The van der Waals surface area contributed by atoms with Gasteiger partial charge in [-0.15, -0.1) is 10.2 Å². The highest BCUT2D eigenvalue weighted by Gasteiger charge is 2.10. The van der Waals surface area contributed by atoms with Crippen LogP contribution in [0.2, 0.25) is 0 Å². The quantitative estimate of drug-likeness (QED) is 0.638. The summed E-state index contributed by atoms with van der Waals surface area (Å²) in [6.07, 6.45) is 0.713. The van der Waals surface area contributed by atoms with E-state index in [1.807, 2.05) is 35.9 Å². The van der Waals surface area contributed by atoms with E-state index in [0.29, 0.717) is 6.42 Å². The predicted octanol–water partition coefficient (Wildman–Crippen LogP) is 3.85. The third kappa shape index (κ3) is 3.94. The molecule has 0 saturated carbocycles. The Labute approximate surface area is 144 Å². The molecule has 0 aliphatic carbocycles. The maximum Gasteiger partial charge on any atom is 0.191 e. The average Bonchev–Trinajstić information content (AvgIpc) is 2.95. The second-order valence-corrected chi connectivity index (χ2v) is 6.34. The SMILES string of the molecule is COc1ccc(Cc2nnc(SCc3ccc(F)cc3)n2C)cc1. The van der Waals surface area contributed by atoms with Crippen molar-refractivity contribution in [2.24, 2.45) is 7.05 Å². The molecule has 0 unspecified atom stereocenters. The highest BCUT2D eigenvalue weighted by atomic mass is 32.2. The van der Waals surface area contributed by atoms with Crippen molar-refractivity contribution in [1.82, 2.24) is 14.8 Å². The van der Waals surface area contributed by atoms with E-state index in [4.69, 9.17) is 4.74 Å². The largest absolute Gasteiger partial charge is 0.497 e. The molecular formula is C18H18FN3OS. The predicted molar refractivity (Wildman–Crippen MR) is 92.8 cm³/mol. The van der Waals surface area contributed by atoms with Gasteiger partial charge < -0.3 is 9.30 Å². The Morgan fingerprint density at radius 1 is 1.00 bits per heavy atom. The highest BCUT2D eigenvalue weighted by Crippen LogP contribution is 2.22. The van der Waals surface area contributed by atoms with Crippen molar-refractivity contribution < 1.29 is 9.13 Å². The van der Waals surface area contributed by atoms with Gasteiger partial charge in [-0.1, -0.05) is 36.0 Å². The minimum atomic E-state index is -0.218. The van der Waals surface area contributed by atoms with Gasteiger partial charge in [0.2, 0.25) is 0 Å². The van der Waals surface area contributed by atoms with Crippen LogP contribution in [-0.2, 0) is 19.2 Å². The standard InChI is InChI=1S/C18H18FN3OS/c1-22-17(11-13-5-9-16(23-2)10-6-13)20-21-18(22)24-12-14-3-7-15(19)8-4-14/h3-10H,11-12H2,1-2H3. The van der Waals surface area contributed by atoms with E-state index in [9.17, 15) is 4.39 Å². The van der Waals surface area contributed by atoms with E-state index in [0.717, 1.165) is 33.6 Å². The number of nitrogens with zero attached hydrogens (tertiary/aromatic N) is 3. The fourth-order valence-electron chi connectivity index (χ4n) is 2.28. The number of methoxy groups -OCH3 is 1. The van der Waals surface area contributed by atoms with Gasteiger partial charge in [0.1, 0.15) is 17.4 Å². The Balaban J connectivity index is 1.65. The summed E-state index contributed by atoms with van der Waals surface area (Å²) in [6.45, 7) is 0. The molecule has 124 valence electrons. The minimum absolute atomic E-state index is 0.218. The smallest absolute Gasteiger partial charge is 0.191 e. The molecule has 6 heteroatoms. The lowest BCUT2D eigenvalue weighted by molar-refractivity contribution is 0.414. The molecule has 0 radical (unpaired) electrons. The van der Waals surface area contributed by atoms with Gasteiger partial charge in [0.25, 0.3) is 0 Å². The Bertz CT molecular complexity index is 800. The molecule has 0 aliphatic heterocycles. The molecule has 0 atom stereocenters. The van der Waals surface area contributed by atoms with E-state index in [-0.39, 0.29) is 5.82 Å². The number of benzene rings is 2. The summed E-state index contributed by atoms with van der Waals surface area (Å²) in [5.41, 5.74) is 2.21. The molecule has 0 bridgehead atoms. The number of aromatic nitrogens is 3. The molecule has 1 heterocycles. The number of thioether (sulfide) groups is 1. The summed E-state index contributed by atoms with van der Waals surface area (Å²) in [4.78, 5) is 0. The van der Waals surface area contributed by atoms with Crippen molar-refractivity contribution in [2.75, 3.05) is 7.11 Å². The minimum Gasteiger partial charge on any atom is -0.497 e. The zero-order valence-corrected chi connectivity index (χ0v) is 14.4. The fourth-order valence-corrected chi connectivity index (χ4v) is 3.16. The molecule has 3 rings (SSSR count). The van der Waals surface area contributed by atoms with E-state index in [1.54, 1.807) is 31.0 Å². The van der Waals surface area contributed by atoms with E-state index >= 15 is 0 Å². The summed E-state index contributed by atoms with van der Waals surface area (Å²) in [5, 5.41) is 9.39. The van der Waals surface area contributed by atoms with Crippen molar-refractivity contribution >= 4 is 11.8 Å². The maximum atomic E-state index is 12.9.